The van der Waals surface area contributed by atoms with E-state index in [0.29, 0.717) is 0 Å². The SMILES string of the molecule is CC/C=C\C(C)(C)NC(=O)OC(C)(C)C. The van der Waals surface area contributed by atoms with Gasteiger partial charge in [0.05, 0.1) is 5.54 Å². The van der Waals surface area contributed by atoms with E-state index in [1.165, 1.54) is 0 Å². The van der Waals surface area contributed by atoms with Gasteiger partial charge in [-0.3, -0.25) is 0 Å². The van der Waals surface area contributed by atoms with Gasteiger partial charge in [-0.1, -0.05) is 19.1 Å². The predicted octanol–water partition coefficient (Wildman–Crippen LogP) is 3.26. The molecule has 88 valence electrons. The van der Waals surface area contributed by atoms with Crippen LogP contribution < -0.4 is 5.32 Å². The van der Waals surface area contributed by atoms with E-state index in [1.807, 2.05) is 46.8 Å². The number of nitrogens with one attached hydrogen (secondary N) is 1. The van der Waals surface area contributed by atoms with Crippen LogP contribution in [0.15, 0.2) is 12.2 Å². The van der Waals surface area contributed by atoms with Crippen LogP contribution >= 0.6 is 0 Å². The number of ether oxygens (including phenoxy) is 1. The molecule has 0 radical (unpaired) electrons. The van der Waals surface area contributed by atoms with Crippen molar-refractivity contribution in [3.05, 3.63) is 12.2 Å². The van der Waals surface area contributed by atoms with E-state index < -0.39 is 5.60 Å². The van der Waals surface area contributed by atoms with Crippen molar-refractivity contribution in [3.8, 4) is 0 Å². The number of carbonyl (C=O) groups excluding carboxylic acids is 1. The molecule has 0 aromatic carbocycles. The lowest BCUT2D eigenvalue weighted by Crippen LogP contribution is -2.44. The van der Waals surface area contributed by atoms with Gasteiger partial charge in [-0.25, -0.2) is 4.79 Å². The molecule has 0 bridgehead atoms. The Morgan fingerprint density at radius 1 is 1.27 bits per heavy atom. The number of amides is 1. The largest absolute Gasteiger partial charge is 0.444 e. The second-order valence-electron chi connectivity index (χ2n) is 5.16. The van der Waals surface area contributed by atoms with Crippen LogP contribution in [0, 0.1) is 0 Å². The highest BCUT2D eigenvalue weighted by Gasteiger charge is 2.21. The molecule has 0 heterocycles. The van der Waals surface area contributed by atoms with Crippen molar-refractivity contribution in [1.82, 2.24) is 5.32 Å². The van der Waals surface area contributed by atoms with Gasteiger partial charge in [0, 0.05) is 0 Å². The maximum absolute atomic E-state index is 11.5. The Labute approximate surface area is 92.9 Å². The lowest BCUT2D eigenvalue weighted by Gasteiger charge is -2.26. The molecule has 0 saturated heterocycles. The normalized spacial score (nSPS) is 12.9. The van der Waals surface area contributed by atoms with E-state index in [0.717, 1.165) is 6.42 Å². The smallest absolute Gasteiger partial charge is 0.408 e. The number of carbonyl (C=O) groups is 1. The summed E-state index contributed by atoms with van der Waals surface area (Å²) in [6.45, 7) is 11.5. The van der Waals surface area contributed by atoms with Gasteiger partial charge in [0.15, 0.2) is 0 Å². The molecule has 1 N–H and O–H groups in total. The number of hydrogen-bond acceptors (Lipinski definition) is 2. The summed E-state index contributed by atoms with van der Waals surface area (Å²) >= 11 is 0. The lowest BCUT2D eigenvalue weighted by molar-refractivity contribution is 0.0491. The molecule has 0 spiro atoms. The van der Waals surface area contributed by atoms with Gasteiger partial charge in [0.1, 0.15) is 5.60 Å². The van der Waals surface area contributed by atoms with Crippen LogP contribution in [0.25, 0.3) is 0 Å². The third-order valence-corrected chi connectivity index (χ3v) is 1.59. The van der Waals surface area contributed by atoms with Crippen LogP contribution in [0.3, 0.4) is 0 Å². The highest BCUT2D eigenvalue weighted by Crippen LogP contribution is 2.10. The topological polar surface area (TPSA) is 38.3 Å². The minimum atomic E-state index is -0.450. The number of alkyl carbamates (subject to hydrolysis) is 1. The molecule has 3 heteroatoms. The Morgan fingerprint density at radius 3 is 2.20 bits per heavy atom. The molecular formula is C12H23NO2. The van der Waals surface area contributed by atoms with Crippen LogP contribution in [0.2, 0.25) is 0 Å². The third-order valence-electron chi connectivity index (χ3n) is 1.59. The molecule has 0 fully saturated rings. The van der Waals surface area contributed by atoms with Crippen LogP contribution in [0.1, 0.15) is 48.0 Å². The standard InChI is InChI=1S/C12H23NO2/c1-7-8-9-12(5,6)13-10(14)15-11(2,3)4/h8-9H,7H2,1-6H3,(H,13,14)/b9-8-. The van der Waals surface area contributed by atoms with Gasteiger partial charge in [0.2, 0.25) is 0 Å². The zero-order chi connectivity index (χ0) is 12.1. The van der Waals surface area contributed by atoms with Gasteiger partial charge < -0.3 is 10.1 Å². The Bertz CT molecular complexity index is 236. The molecule has 1 amide bonds. The summed E-state index contributed by atoms with van der Waals surface area (Å²) in [5.74, 6) is 0. The molecule has 3 nitrogen and oxygen atoms in total. The molecule has 15 heavy (non-hydrogen) atoms. The predicted molar refractivity (Wildman–Crippen MR) is 62.9 cm³/mol. The number of rotatable bonds is 3. The van der Waals surface area contributed by atoms with E-state index >= 15 is 0 Å². The molecule has 0 aliphatic rings. The van der Waals surface area contributed by atoms with Crippen molar-refractivity contribution < 1.29 is 9.53 Å². The zero-order valence-electron chi connectivity index (χ0n) is 10.7. The second kappa shape index (κ2) is 5.19. The summed E-state index contributed by atoms with van der Waals surface area (Å²) in [5, 5.41) is 2.80. The van der Waals surface area contributed by atoms with Gasteiger partial charge in [-0.15, -0.1) is 0 Å². The molecule has 0 unspecified atom stereocenters. The van der Waals surface area contributed by atoms with E-state index in [9.17, 15) is 4.79 Å². The molecule has 0 atom stereocenters. The Hall–Kier alpha value is -0.990. The van der Waals surface area contributed by atoms with Gasteiger partial charge in [0.25, 0.3) is 0 Å². The van der Waals surface area contributed by atoms with Crippen LogP contribution in [0.5, 0.6) is 0 Å². The van der Waals surface area contributed by atoms with E-state index in [1.54, 1.807) is 0 Å². The summed E-state index contributed by atoms with van der Waals surface area (Å²) in [6, 6.07) is 0. The first kappa shape index (κ1) is 14.0. The lowest BCUT2D eigenvalue weighted by atomic mass is 10.1. The van der Waals surface area contributed by atoms with Gasteiger partial charge >= 0.3 is 6.09 Å². The zero-order valence-corrected chi connectivity index (χ0v) is 10.7. The molecule has 0 aliphatic carbocycles. The first-order valence-electron chi connectivity index (χ1n) is 5.35. The summed E-state index contributed by atoms with van der Waals surface area (Å²) in [7, 11) is 0. The Kier molecular flexibility index (Phi) is 4.85. The van der Waals surface area contributed by atoms with E-state index in [-0.39, 0.29) is 11.6 Å². The fourth-order valence-electron chi connectivity index (χ4n) is 1.02. The van der Waals surface area contributed by atoms with Crippen molar-refractivity contribution in [2.45, 2.75) is 59.1 Å². The Balaban J connectivity index is 4.22. The van der Waals surface area contributed by atoms with Crippen LogP contribution in [-0.4, -0.2) is 17.2 Å². The highest BCUT2D eigenvalue weighted by molar-refractivity contribution is 5.69. The summed E-state index contributed by atoms with van der Waals surface area (Å²) < 4.78 is 5.17. The van der Waals surface area contributed by atoms with Crippen LogP contribution in [0.4, 0.5) is 4.79 Å². The van der Waals surface area contributed by atoms with Crippen molar-refractivity contribution in [2.24, 2.45) is 0 Å². The summed E-state index contributed by atoms with van der Waals surface area (Å²) in [6.07, 6.45) is 4.57. The summed E-state index contributed by atoms with van der Waals surface area (Å²) in [5.41, 5.74) is -0.813. The molecule has 0 aromatic rings. The van der Waals surface area contributed by atoms with Gasteiger partial charge in [-0.05, 0) is 41.0 Å². The minimum absolute atomic E-state index is 0.363. The average molecular weight is 213 g/mol. The van der Waals surface area contributed by atoms with Crippen molar-refractivity contribution in [2.75, 3.05) is 0 Å². The monoisotopic (exact) mass is 213 g/mol. The fourth-order valence-corrected chi connectivity index (χ4v) is 1.02. The fraction of sp³-hybridized carbons (Fsp3) is 0.750. The number of allylic oxidation sites excluding steroid dienone is 1. The first-order valence-corrected chi connectivity index (χ1v) is 5.35. The molecule has 0 saturated carbocycles. The molecule has 0 aromatic heterocycles. The average Bonchev–Trinajstić information content (AvgIpc) is 1.95. The van der Waals surface area contributed by atoms with E-state index in [4.69, 9.17) is 4.74 Å². The van der Waals surface area contributed by atoms with Gasteiger partial charge in [-0.2, -0.15) is 0 Å². The highest BCUT2D eigenvalue weighted by atomic mass is 16.6. The van der Waals surface area contributed by atoms with Crippen molar-refractivity contribution in [1.29, 1.82) is 0 Å². The summed E-state index contributed by atoms with van der Waals surface area (Å²) in [4.78, 5) is 11.5. The molecular weight excluding hydrogens is 190 g/mol. The molecule has 0 rings (SSSR count). The maximum atomic E-state index is 11.5. The third kappa shape index (κ3) is 8.03. The maximum Gasteiger partial charge on any atom is 0.408 e. The number of hydrogen-bond donors (Lipinski definition) is 1. The second-order valence-corrected chi connectivity index (χ2v) is 5.16. The quantitative estimate of drug-likeness (QED) is 0.731. The van der Waals surface area contributed by atoms with Crippen molar-refractivity contribution >= 4 is 6.09 Å². The van der Waals surface area contributed by atoms with Crippen LogP contribution in [-0.2, 0) is 4.74 Å². The van der Waals surface area contributed by atoms with Crippen molar-refractivity contribution in [3.63, 3.8) is 0 Å². The molecule has 0 aliphatic heterocycles. The van der Waals surface area contributed by atoms with E-state index in [2.05, 4.69) is 12.2 Å². The minimum Gasteiger partial charge on any atom is -0.444 e. The Morgan fingerprint density at radius 2 is 1.80 bits per heavy atom. The first-order chi connectivity index (χ1) is 6.66.